The Bertz CT molecular complexity index is 405. The molecule has 1 atom stereocenters. The van der Waals surface area contributed by atoms with Gasteiger partial charge < -0.3 is 22.1 Å². The highest BCUT2D eigenvalue weighted by Crippen LogP contribution is 2.25. The van der Waals surface area contributed by atoms with Crippen LogP contribution >= 0.6 is 0 Å². The summed E-state index contributed by atoms with van der Waals surface area (Å²) in [4.78, 5) is 11.2. The molecule has 1 aliphatic heterocycles. The van der Waals surface area contributed by atoms with E-state index in [9.17, 15) is 4.79 Å². The first-order valence-corrected chi connectivity index (χ1v) is 5.31. The first-order chi connectivity index (χ1) is 7.69. The van der Waals surface area contributed by atoms with Gasteiger partial charge >= 0.3 is 0 Å². The number of anilines is 2. The van der Waals surface area contributed by atoms with Gasteiger partial charge in [0, 0.05) is 30.5 Å². The number of fused-ring (bicyclic) bond motifs is 1. The van der Waals surface area contributed by atoms with E-state index in [-0.39, 0.29) is 11.9 Å². The van der Waals surface area contributed by atoms with Crippen LogP contribution in [0.15, 0.2) is 18.2 Å². The zero-order valence-corrected chi connectivity index (χ0v) is 8.99. The summed E-state index contributed by atoms with van der Waals surface area (Å²) in [5.74, 6) is 0.0470. The van der Waals surface area contributed by atoms with E-state index >= 15 is 0 Å². The van der Waals surface area contributed by atoms with Crippen LogP contribution in [0, 0.1) is 0 Å². The maximum Gasteiger partial charge on any atom is 0.228 e. The fraction of sp³-hybridized carbons (Fsp3) is 0.364. The first-order valence-electron chi connectivity index (χ1n) is 5.31. The first kappa shape index (κ1) is 10.9. The summed E-state index contributed by atoms with van der Waals surface area (Å²) in [5, 5.41) is 5.99. The standard InChI is InChI=1S/C11H16N4O/c12-5-8(13)6-14-9-1-2-10-7(3-9)4-11(16)15-10/h1-3,8,14H,4-6,12-13H2,(H,15,16). The molecule has 0 bridgehead atoms. The third-order valence-corrected chi connectivity index (χ3v) is 2.60. The summed E-state index contributed by atoms with van der Waals surface area (Å²) in [5.41, 5.74) is 14.0. The topological polar surface area (TPSA) is 93.2 Å². The molecule has 0 saturated heterocycles. The minimum atomic E-state index is -0.0481. The highest BCUT2D eigenvalue weighted by atomic mass is 16.1. The molecule has 1 aromatic rings. The molecule has 86 valence electrons. The van der Waals surface area contributed by atoms with Crippen LogP contribution in [0.2, 0.25) is 0 Å². The Morgan fingerprint density at radius 1 is 1.50 bits per heavy atom. The number of carbonyl (C=O) groups excluding carboxylic acids is 1. The van der Waals surface area contributed by atoms with Crippen molar-refractivity contribution in [1.29, 1.82) is 0 Å². The molecule has 1 heterocycles. The van der Waals surface area contributed by atoms with Crippen molar-refractivity contribution in [3.05, 3.63) is 23.8 Å². The summed E-state index contributed by atoms with van der Waals surface area (Å²) >= 11 is 0. The van der Waals surface area contributed by atoms with E-state index in [0.717, 1.165) is 16.9 Å². The van der Waals surface area contributed by atoms with Gasteiger partial charge in [0.25, 0.3) is 0 Å². The predicted octanol–water partition coefficient (Wildman–Crippen LogP) is -0.121. The number of carbonyl (C=O) groups is 1. The van der Waals surface area contributed by atoms with Crippen molar-refractivity contribution < 1.29 is 4.79 Å². The second-order valence-corrected chi connectivity index (χ2v) is 3.97. The molecular weight excluding hydrogens is 204 g/mol. The molecule has 16 heavy (non-hydrogen) atoms. The van der Waals surface area contributed by atoms with E-state index in [4.69, 9.17) is 11.5 Å². The van der Waals surface area contributed by atoms with Crippen LogP contribution in [0.1, 0.15) is 5.56 Å². The zero-order chi connectivity index (χ0) is 11.5. The molecule has 1 aromatic carbocycles. The number of nitrogens with one attached hydrogen (secondary N) is 2. The van der Waals surface area contributed by atoms with Gasteiger partial charge in [0.05, 0.1) is 6.42 Å². The van der Waals surface area contributed by atoms with Crippen molar-refractivity contribution in [2.75, 3.05) is 23.7 Å². The van der Waals surface area contributed by atoms with Gasteiger partial charge in [0.2, 0.25) is 5.91 Å². The Morgan fingerprint density at radius 3 is 3.06 bits per heavy atom. The number of nitrogens with two attached hydrogens (primary N) is 2. The van der Waals surface area contributed by atoms with Gasteiger partial charge in [-0.1, -0.05) is 0 Å². The van der Waals surface area contributed by atoms with E-state index in [1.54, 1.807) is 0 Å². The Balaban J connectivity index is 2.02. The molecule has 2 rings (SSSR count). The van der Waals surface area contributed by atoms with Gasteiger partial charge in [-0.25, -0.2) is 0 Å². The molecular formula is C11H16N4O. The predicted molar refractivity (Wildman–Crippen MR) is 64.3 cm³/mol. The van der Waals surface area contributed by atoms with E-state index < -0.39 is 0 Å². The lowest BCUT2D eigenvalue weighted by Crippen LogP contribution is -2.36. The van der Waals surface area contributed by atoms with Gasteiger partial charge in [-0.2, -0.15) is 0 Å². The van der Waals surface area contributed by atoms with Crippen LogP contribution < -0.4 is 22.1 Å². The third-order valence-electron chi connectivity index (χ3n) is 2.60. The number of benzene rings is 1. The minimum absolute atomic E-state index is 0.0470. The molecule has 5 nitrogen and oxygen atoms in total. The van der Waals surface area contributed by atoms with Gasteiger partial charge in [0.1, 0.15) is 0 Å². The van der Waals surface area contributed by atoms with Crippen molar-refractivity contribution >= 4 is 17.3 Å². The van der Waals surface area contributed by atoms with E-state index in [0.29, 0.717) is 19.5 Å². The zero-order valence-electron chi connectivity index (χ0n) is 8.99. The maximum absolute atomic E-state index is 11.2. The van der Waals surface area contributed by atoms with Crippen LogP contribution in [0.25, 0.3) is 0 Å². The number of hydrogen-bond donors (Lipinski definition) is 4. The Hall–Kier alpha value is -1.59. The van der Waals surface area contributed by atoms with E-state index in [1.807, 2.05) is 18.2 Å². The summed E-state index contributed by atoms with van der Waals surface area (Å²) < 4.78 is 0. The maximum atomic E-state index is 11.2. The van der Waals surface area contributed by atoms with Crippen LogP contribution in [-0.4, -0.2) is 25.0 Å². The second-order valence-electron chi connectivity index (χ2n) is 3.97. The summed E-state index contributed by atoms with van der Waals surface area (Å²) in [7, 11) is 0. The largest absolute Gasteiger partial charge is 0.383 e. The van der Waals surface area contributed by atoms with E-state index in [2.05, 4.69) is 10.6 Å². The fourth-order valence-electron chi connectivity index (χ4n) is 1.67. The molecule has 0 spiro atoms. The monoisotopic (exact) mass is 220 g/mol. The normalized spacial score (nSPS) is 15.5. The molecule has 0 aromatic heterocycles. The summed E-state index contributed by atoms with van der Waals surface area (Å²) in [6, 6.07) is 5.74. The van der Waals surface area contributed by atoms with Crippen molar-refractivity contribution in [1.82, 2.24) is 0 Å². The minimum Gasteiger partial charge on any atom is -0.383 e. The van der Waals surface area contributed by atoms with Crippen molar-refractivity contribution in [3.8, 4) is 0 Å². The quantitative estimate of drug-likeness (QED) is 0.569. The van der Waals surface area contributed by atoms with Gasteiger partial charge in [0.15, 0.2) is 0 Å². The molecule has 1 amide bonds. The second kappa shape index (κ2) is 4.51. The lowest BCUT2D eigenvalue weighted by atomic mass is 10.1. The highest BCUT2D eigenvalue weighted by molar-refractivity contribution is 5.99. The molecule has 0 saturated carbocycles. The van der Waals surface area contributed by atoms with Gasteiger partial charge in [-0.15, -0.1) is 0 Å². The molecule has 0 aliphatic carbocycles. The van der Waals surface area contributed by atoms with Crippen molar-refractivity contribution in [2.24, 2.45) is 11.5 Å². The van der Waals surface area contributed by atoms with Crippen molar-refractivity contribution in [2.45, 2.75) is 12.5 Å². The Kier molecular flexibility index (Phi) is 3.07. The Labute approximate surface area is 94.2 Å². The molecule has 5 heteroatoms. The Morgan fingerprint density at radius 2 is 2.31 bits per heavy atom. The molecule has 1 unspecified atom stereocenters. The summed E-state index contributed by atoms with van der Waals surface area (Å²) in [6.45, 7) is 1.09. The molecule has 0 fully saturated rings. The molecule has 6 N–H and O–H groups in total. The molecule has 0 radical (unpaired) electrons. The van der Waals surface area contributed by atoms with E-state index in [1.165, 1.54) is 0 Å². The smallest absolute Gasteiger partial charge is 0.228 e. The van der Waals surface area contributed by atoms with Crippen LogP contribution in [0.5, 0.6) is 0 Å². The van der Waals surface area contributed by atoms with Crippen LogP contribution in [-0.2, 0) is 11.2 Å². The lowest BCUT2D eigenvalue weighted by molar-refractivity contribution is -0.115. The van der Waals surface area contributed by atoms with Gasteiger partial charge in [-0.3, -0.25) is 4.79 Å². The van der Waals surface area contributed by atoms with Gasteiger partial charge in [-0.05, 0) is 23.8 Å². The third kappa shape index (κ3) is 2.32. The number of hydrogen-bond acceptors (Lipinski definition) is 4. The van der Waals surface area contributed by atoms with Crippen LogP contribution in [0.3, 0.4) is 0 Å². The van der Waals surface area contributed by atoms with Crippen LogP contribution in [0.4, 0.5) is 11.4 Å². The average molecular weight is 220 g/mol. The highest BCUT2D eigenvalue weighted by Gasteiger charge is 2.17. The average Bonchev–Trinajstić information content (AvgIpc) is 2.65. The van der Waals surface area contributed by atoms with Crippen molar-refractivity contribution in [3.63, 3.8) is 0 Å². The fourth-order valence-corrected chi connectivity index (χ4v) is 1.67. The molecule has 1 aliphatic rings. The number of rotatable bonds is 4. The lowest BCUT2D eigenvalue weighted by Gasteiger charge is -2.12. The number of amides is 1. The summed E-state index contributed by atoms with van der Waals surface area (Å²) in [6.07, 6.45) is 0.452. The SMILES string of the molecule is NCC(N)CNc1ccc2c(c1)CC(=O)N2.